The summed E-state index contributed by atoms with van der Waals surface area (Å²) in [5, 5.41) is 3.22. The molecule has 74 valence electrons. The van der Waals surface area contributed by atoms with Crippen molar-refractivity contribution in [2.75, 3.05) is 13.1 Å². The third kappa shape index (κ3) is 1.26. The molecule has 3 rings (SSSR count). The molecule has 1 aromatic carbocycles. The lowest BCUT2D eigenvalue weighted by Crippen LogP contribution is -2.62. The van der Waals surface area contributed by atoms with Gasteiger partial charge in [0, 0.05) is 13.1 Å². The Morgan fingerprint density at radius 2 is 1.79 bits per heavy atom. The lowest BCUT2D eigenvalue weighted by Gasteiger charge is -2.39. The summed E-state index contributed by atoms with van der Waals surface area (Å²) in [5.74, 6) is 0.845. The zero-order valence-corrected chi connectivity index (χ0v) is 8.29. The van der Waals surface area contributed by atoms with Crippen molar-refractivity contribution in [3.63, 3.8) is 0 Å². The van der Waals surface area contributed by atoms with Gasteiger partial charge in [0.15, 0.2) is 0 Å². The lowest BCUT2D eigenvalue weighted by molar-refractivity contribution is 0.287. The van der Waals surface area contributed by atoms with Crippen LogP contribution in [0, 0.1) is 0 Å². The van der Waals surface area contributed by atoms with E-state index in [-0.39, 0.29) is 5.54 Å². The van der Waals surface area contributed by atoms with Crippen molar-refractivity contribution in [1.29, 1.82) is 0 Å². The van der Waals surface area contributed by atoms with Gasteiger partial charge in [-0.25, -0.2) is 0 Å². The van der Waals surface area contributed by atoms with E-state index in [1.165, 1.54) is 24.0 Å². The molecule has 1 aliphatic heterocycles. The van der Waals surface area contributed by atoms with Crippen LogP contribution in [-0.4, -0.2) is 13.1 Å². The Balaban J connectivity index is 1.85. The van der Waals surface area contributed by atoms with Crippen LogP contribution in [0.15, 0.2) is 24.3 Å². The number of nitrogens with two attached hydrogens (primary N) is 1. The normalized spacial score (nSPS) is 24.4. The Kier molecular flexibility index (Phi) is 1.70. The molecule has 0 atom stereocenters. The highest BCUT2D eigenvalue weighted by Crippen LogP contribution is 2.40. The molecule has 0 spiro atoms. The Hall–Kier alpha value is -0.860. The molecule has 1 aromatic rings. The van der Waals surface area contributed by atoms with E-state index in [2.05, 4.69) is 29.6 Å². The van der Waals surface area contributed by atoms with E-state index in [4.69, 9.17) is 5.73 Å². The minimum atomic E-state index is -0.0952. The zero-order chi connectivity index (χ0) is 9.60. The number of benzene rings is 1. The minimum Gasteiger partial charge on any atom is -0.319 e. The van der Waals surface area contributed by atoms with Gasteiger partial charge in [0.1, 0.15) is 0 Å². The second kappa shape index (κ2) is 2.81. The molecular formula is C12H16N2. The molecule has 2 aliphatic rings. The Bertz CT molecular complexity index is 334. The van der Waals surface area contributed by atoms with Crippen LogP contribution >= 0.6 is 0 Å². The van der Waals surface area contributed by atoms with Gasteiger partial charge in [0.05, 0.1) is 5.54 Å². The molecule has 3 N–H and O–H groups in total. The number of nitrogens with one attached hydrogen (secondary N) is 1. The van der Waals surface area contributed by atoms with Crippen LogP contribution in [0.2, 0.25) is 0 Å². The van der Waals surface area contributed by atoms with Crippen LogP contribution in [-0.2, 0) is 5.54 Å². The Labute approximate surface area is 84.5 Å². The molecule has 0 amide bonds. The van der Waals surface area contributed by atoms with Gasteiger partial charge < -0.3 is 11.1 Å². The highest BCUT2D eigenvalue weighted by Gasteiger charge is 2.34. The molecule has 2 heteroatoms. The van der Waals surface area contributed by atoms with Gasteiger partial charge in [0.2, 0.25) is 0 Å². The maximum absolute atomic E-state index is 6.20. The van der Waals surface area contributed by atoms with Crippen LogP contribution in [0.5, 0.6) is 0 Å². The molecule has 0 unspecified atom stereocenters. The smallest absolute Gasteiger partial charge is 0.0662 e. The summed E-state index contributed by atoms with van der Waals surface area (Å²) >= 11 is 0. The first-order valence-electron chi connectivity index (χ1n) is 5.38. The second-order valence-electron chi connectivity index (χ2n) is 4.66. The van der Waals surface area contributed by atoms with Crippen LogP contribution in [0.25, 0.3) is 0 Å². The highest BCUT2D eigenvalue weighted by molar-refractivity contribution is 5.33. The van der Waals surface area contributed by atoms with Crippen molar-refractivity contribution in [2.45, 2.75) is 24.3 Å². The third-order valence-electron chi connectivity index (χ3n) is 3.42. The van der Waals surface area contributed by atoms with Crippen molar-refractivity contribution in [3.05, 3.63) is 35.4 Å². The number of hydrogen-bond donors (Lipinski definition) is 2. The van der Waals surface area contributed by atoms with Crippen LogP contribution in [0.4, 0.5) is 0 Å². The molecular weight excluding hydrogens is 172 g/mol. The average Bonchev–Trinajstić information content (AvgIpc) is 2.98. The SMILES string of the molecule is NC1(c2ccc(C3CC3)cc2)CNC1. The maximum atomic E-state index is 6.20. The van der Waals surface area contributed by atoms with Gasteiger partial charge in [0.25, 0.3) is 0 Å². The van der Waals surface area contributed by atoms with E-state index in [1.54, 1.807) is 0 Å². The molecule has 1 aliphatic carbocycles. The van der Waals surface area contributed by atoms with Gasteiger partial charge in [-0.15, -0.1) is 0 Å². The van der Waals surface area contributed by atoms with E-state index < -0.39 is 0 Å². The van der Waals surface area contributed by atoms with Crippen molar-refractivity contribution < 1.29 is 0 Å². The van der Waals surface area contributed by atoms with E-state index in [9.17, 15) is 0 Å². The predicted molar refractivity (Wildman–Crippen MR) is 57.2 cm³/mol. The van der Waals surface area contributed by atoms with Crippen LogP contribution in [0.1, 0.15) is 29.9 Å². The number of hydrogen-bond acceptors (Lipinski definition) is 2. The van der Waals surface area contributed by atoms with E-state index in [1.807, 2.05) is 0 Å². The summed E-state index contributed by atoms with van der Waals surface area (Å²) in [7, 11) is 0. The van der Waals surface area contributed by atoms with Crippen molar-refractivity contribution >= 4 is 0 Å². The Morgan fingerprint density at radius 1 is 1.14 bits per heavy atom. The average molecular weight is 188 g/mol. The standard InChI is InChI=1S/C12H16N2/c13-12(7-14-8-12)11-5-3-10(4-6-11)9-1-2-9/h3-6,9,14H,1-2,7-8,13H2. The fourth-order valence-electron chi connectivity index (χ4n) is 2.10. The van der Waals surface area contributed by atoms with Crippen molar-refractivity contribution in [1.82, 2.24) is 5.32 Å². The Morgan fingerprint density at radius 3 is 2.21 bits per heavy atom. The summed E-state index contributed by atoms with van der Waals surface area (Å²) < 4.78 is 0. The first kappa shape index (κ1) is 8.45. The predicted octanol–water partition coefficient (Wildman–Crippen LogP) is 1.32. The number of rotatable bonds is 2. The molecule has 0 bridgehead atoms. The van der Waals surface area contributed by atoms with Crippen molar-refractivity contribution in [3.8, 4) is 0 Å². The minimum absolute atomic E-state index is 0.0952. The summed E-state index contributed by atoms with van der Waals surface area (Å²) in [5.41, 5.74) is 8.88. The largest absolute Gasteiger partial charge is 0.319 e. The van der Waals surface area contributed by atoms with Gasteiger partial charge in [-0.05, 0) is 29.9 Å². The van der Waals surface area contributed by atoms with Gasteiger partial charge in [-0.1, -0.05) is 24.3 Å². The monoisotopic (exact) mass is 188 g/mol. The molecule has 1 saturated heterocycles. The van der Waals surface area contributed by atoms with Crippen LogP contribution in [0.3, 0.4) is 0 Å². The zero-order valence-electron chi connectivity index (χ0n) is 8.29. The van der Waals surface area contributed by atoms with E-state index in [0.717, 1.165) is 19.0 Å². The molecule has 2 fully saturated rings. The van der Waals surface area contributed by atoms with E-state index in [0.29, 0.717) is 0 Å². The summed E-state index contributed by atoms with van der Waals surface area (Å²) in [6.45, 7) is 1.82. The highest BCUT2D eigenvalue weighted by atomic mass is 15.1. The third-order valence-corrected chi connectivity index (χ3v) is 3.42. The molecule has 2 nitrogen and oxygen atoms in total. The summed E-state index contributed by atoms with van der Waals surface area (Å²) in [4.78, 5) is 0. The van der Waals surface area contributed by atoms with Gasteiger partial charge >= 0.3 is 0 Å². The summed E-state index contributed by atoms with van der Waals surface area (Å²) in [6, 6.07) is 8.91. The maximum Gasteiger partial charge on any atom is 0.0662 e. The molecule has 1 heterocycles. The quantitative estimate of drug-likeness (QED) is 0.734. The first-order chi connectivity index (χ1) is 6.78. The molecule has 1 saturated carbocycles. The second-order valence-corrected chi connectivity index (χ2v) is 4.66. The molecule has 0 radical (unpaired) electrons. The molecule has 0 aromatic heterocycles. The van der Waals surface area contributed by atoms with E-state index >= 15 is 0 Å². The fraction of sp³-hybridized carbons (Fsp3) is 0.500. The van der Waals surface area contributed by atoms with Crippen LogP contribution < -0.4 is 11.1 Å². The topological polar surface area (TPSA) is 38.0 Å². The lowest BCUT2D eigenvalue weighted by atomic mass is 9.85. The summed E-state index contributed by atoms with van der Waals surface area (Å²) in [6.07, 6.45) is 2.74. The van der Waals surface area contributed by atoms with Gasteiger partial charge in [-0.3, -0.25) is 0 Å². The molecule has 14 heavy (non-hydrogen) atoms. The fourth-order valence-corrected chi connectivity index (χ4v) is 2.10. The van der Waals surface area contributed by atoms with Crippen molar-refractivity contribution in [2.24, 2.45) is 5.73 Å². The van der Waals surface area contributed by atoms with Gasteiger partial charge in [-0.2, -0.15) is 0 Å². The first-order valence-corrected chi connectivity index (χ1v) is 5.38.